The zero-order valence-electron chi connectivity index (χ0n) is 29.1. The fourth-order valence-electron chi connectivity index (χ4n) is 6.99. The first kappa shape index (κ1) is 37.8. The molecule has 0 saturated heterocycles. The number of nitrogens with one attached hydrogen (secondary N) is 2. The van der Waals surface area contributed by atoms with E-state index < -0.39 is 24.0 Å². The Hall–Kier alpha value is -3.47. The fraction of sp³-hybridized carbons (Fsp3) is 0.425. The molecule has 1 heterocycles. The quantitative estimate of drug-likeness (QED) is 0.188. The van der Waals surface area contributed by atoms with Crippen molar-refractivity contribution in [3.63, 3.8) is 0 Å². The predicted molar refractivity (Wildman–Crippen MR) is 203 cm³/mol. The Morgan fingerprint density at radius 2 is 1.64 bits per heavy atom. The van der Waals surface area contributed by atoms with Crippen LogP contribution in [0.4, 0.5) is 0 Å². The molecule has 3 aromatic rings. The van der Waals surface area contributed by atoms with E-state index in [2.05, 4.69) is 28.8 Å². The number of hydrogen-bond acceptors (Lipinski definition) is 7. The number of allylic oxidation sites excluding steroid dienone is 1. The van der Waals surface area contributed by atoms with Crippen molar-refractivity contribution in [1.29, 1.82) is 0 Å². The van der Waals surface area contributed by atoms with Gasteiger partial charge in [-0.2, -0.15) is 0 Å². The number of fused-ring (bicyclic) bond motifs is 3. The third kappa shape index (κ3) is 9.25. The van der Waals surface area contributed by atoms with Gasteiger partial charge >= 0.3 is 0 Å². The smallest absolute Gasteiger partial charge is 0.243 e. The fourth-order valence-corrected chi connectivity index (χ4v) is 8.45. The van der Waals surface area contributed by atoms with Gasteiger partial charge in [-0.1, -0.05) is 90.5 Å². The number of likely N-dealkylation sites (N-methyl/N-ethyl adjacent to an activating group) is 1. The second-order valence-electron chi connectivity index (χ2n) is 13.4. The summed E-state index contributed by atoms with van der Waals surface area (Å²) < 4.78 is 0. The van der Waals surface area contributed by atoms with Crippen LogP contribution in [-0.2, 0) is 27.3 Å². The van der Waals surface area contributed by atoms with Crippen molar-refractivity contribution in [3.05, 3.63) is 100 Å². The molecule has 0 spiro atoms. The number of hydrogen-bond donors (Lipinski definition) is 4. The summed E-state index contributed by atoms with van der Waals surface area (Å²) >= 11 is 8.41. The molecule has 8 nitrogen and oxygen atoms in total. The molecule has 1 aliphatic heterocycles. The van der Waals surface area contributed by atoms with Gasteiger partial charge in [0.2, 0.25) is 11.8 Å². The maximum absolute atomic E-state index is 14.5. The molecule has 4 atom stereocenters. The van der Waals surface area contributed by atoms with Crippen molar-refractivity contribution in [2.45, 2.75) is 92.8 Å². The molecule has 1 aliphatic carbocycles. The van der Waals surface area contributed by atoms with Crippen LogP contribution in [0, 0.1) is 5.92 Å². The summed E-state index contributed by atoms with van der Waals surface area (Å²) in [6.07, 6.45) is 6.57. The number of nitrogens with zero attached hydrogens (tertiary/aromatic N) is 1. The summed E-state index contributed by atoms with van der Waals surface area (Å²) in [5.41, 5.74) is 17.0. The lowest BCUT2D eigenvalue weighted by Gasteiger charge is -2.32. The maximum atomic E-state index is 14.5. The van der Waals surface area contributed by atoms with Crippen molar-refractivity contribution in [3.8, 4) is 0 Å². The third-order valence-electron chi connectivity index (χ3n) is 9.90. The van der Waals surface area contributed by atoms with Crippen LogP contribution < -0.4 is 22.1 Å². The molecule has 0 bridgehead atoms. The highest BCUT2D eigenvalue weighted by Gasteiger charge is 2.35. The normalized spacial score (nSPS) is 21.9. The van der Waals surface area contributed by atoms with E-state index in [1.165, 1.54) is 5.56 Å². The molecule has 0 aromatic heterocycles. The van der Waals surface area contributed by atoms with Gasteiger partial charge in [-0.05, 0) is 92.1 Å². The SMILES string of the molecule is C[C@@H]1NC(=O)[C@H](CC2=CCc3ccccc32)N(C)C(=O)[C@H](CCCCN)CC(=O)[C@H](CCCN)NCc2ccccc2Sc2c(Cl)cccc21. The number of ketones is 1. The summed E-state index contributed by atoms with van der Waals surface area (Å²) in [5, 5.41) is 7.35. The van der Waals surface area contributed by atoms with Crippen LogP contribution in [0.15, 0.2) is 82.6 Å². The van der Waals surface area contributed by atoms with E-state index in [1.54, 1.807) is 23.7 Å². The Bertz CT molecular complexity index is 1700. The number of carbonyl (C=O) groups excluding carboxylic acids is 3. The van der Waals surface area contributed by atoms with Crippen molar-refractivity contribution in [2.24, 2.45) is 17.4 Å². The van der Waals surface area contributed by atoms with Gasteiger partial charge in [-0.3, -0.25) is 14.4 Å². The highest BCUT2D eigenvalue weighted by Crippen LogP contribution is 2.40. The average molecular weight is 716 g/mol. The minimum atomic E-state index is -0.799. The highest BCUT2D eigenvalue weighted by molar-refractivity contribution is 7.99. The molecular formula is C40H50ClN5O3S. The summed E-state index contributed by atoms with van der Waals surface area (Å²) in [6, 6.07) is 20.3. The number of Topliss-reactive ketones (excluding diaryl/α,β-unsaturated/α-hetero) is 1. The molecule has 266 valence electrons. The van der Waals surface area contributed by atoms with Crippen molar-refractivity contribution in [1.82, 2.24) is 15.5 Å². The first-order chi connectivity index (χ1) is 24.2. The number of amides is 2. The largest absolute Gasteiger partial charge is 0.348 e. The summed E-state index contributed by atoms with van der Waals surface area (Å²) in [4.78, 5) is 46.5. The molecule has 0 radical (unpaired) electrons. The lowest BCUT2D eigenvalue weighted by Crippen LogP contribution is -2.50. The first-order valence-electron chi connectivity index (χ1n) is 17.8. The van der Waals surface area contributed by atoms with Crippen molar-refractivity contribution < 1.29 is 14.4 Å². The van der Waals surface area contributed by atoms with E-state index >= 15 is 0 Å². The molecule has 0 unspecified atom stereocenters. The van der Waals surface area contributed by atoms with Gasteiger partial charge in [0.1, 0.15) is 6.04 Å². The van der Waals surface area contributed by atoms with Gasteiger partial charge < -0.3 is 27.0 Å². The number of halogens is 1. The van der Waals surface area contributed by atoms with Crippen LogP contribution in [0.5, 0.6) is 0 Å². The topological polar surface area (TPSA) is 131 Å². The van der Waals surface area contributed by atoms with Crippen molar-refractivity contribution in [2.75, 3.05) is 20.1 Å². The lowest BCUT2D eigenvalue weighted by molar-refractivity contribution is -0.143. The molecular weight excluding hydrogens is 666 g/mol. The molecule has 6 N–H and O–H groups in total. The Morgan fingerprint density at radius 3 is 2.42 bits per heavy atom. The van der Waals surface area contributed by atoms with E-state index in [0.717, 1.165) is 44.9 Å². The molecule has 0 fully saturated rings. The minimum absolute atomic E-state index is 0.0251. The van der Waals surface area contributed by atoms with Crippen LogP contribution in [0.3, 0.4) is 0 Å². The summed E-state index contributed by atoms with van der Waals surface area (Å²) in [7, 11) is 1.70. The van der Waals surface area contributed by atoms with Crippen LogP contribution in [0.1, 0.15) is 80.2 Å². The van der Waals surface area contributed by atoms with E-state index in [9.17, 15) is 14.4 Å². The van der Waals surface area contributed by atoms with Gasteiger partial charge in [0.05, 0.1) is 17.1 Å². The second-order valence-corrected chi connectivity index (χ2v) is 14.8. The van der Waals surface area contributed by atoms with Gasteiger partial charge in [0, 0.05) is 42.1 Å². The molecule has 5 rings (SSSR count). The van der Waals surface area contributed by atoms with E-state index in [0.29, 0.717) is 56.8 Å². The minimum Gasteiger partial charge on any atom is -0.348 e. The molecule has 3 aromatic carbocycles. The van der Waals surface area contributed by atoms with Gasteiger partial charge in [0.25, 0.3) is 0 Å². The Labute approximate surface area is 305 Å². The van der Waals surface area contributed by atoms with Crippen molar-refractivity contribution >= 4 is 46.5 Å². The molecule has 2 aliphatic rings. The second kappa shape index (κ2) is 18.1. The molecule has 10 heteroatoms. The maximum Gasteiger partial charge on any atom is 0.243 e. The van der Waals surface area contributed by atoms with E-state index in [1.807, 2.05) is 61.5 Å². The highest BCUT2D eigenvalue weighted by atomic mass is 35.5. The Kier molecular flexibility index (Phi) is 13.7. The van der Waals surface area contributed by atoms with Gasteiger partial charge in [0.15, 0.2) is 5.78 Å². The Balaban J connectivity index is 1.57. The number of rotatable bonds is 9. The van der Waals surface area contributed by atoms with Crippen LogP contribution >= 0.6 is 23.4 Å². The van der Waals surface area contributed by atoms with E-state index in [-0.39, 0.29) is 24.0 Å². The van der Waals surface area contributed by atoms with Crippen LogP contribution in [0.25, 0.3) is 5.57 Å². The van der Waals surface area contributed by atoms with Crippen LogP contribution in [0.2, 0.25) is 5.02 Å². The predicted octanol–water partition coefficient (Wildman–Crippen LogP) is 6.44. The Morgan fingerprint density at radius 1 is 0.900 bits per heavy atom. The lowest BCUT2D eigenvalue weighted by atomic mass is 9.90. The number of carbonyl (C=O) groups is 3. The number of unbranched alkanes of at least 4 members (excludes halogenated alkanes) is 1. The summed E-state index contributed by atoms with van der Waals surface area (Å²) in [6.45, 7) is 3.38. The average Bonchev–Trinajstić information content (AvgIpc) is 3.53. The third-order valence-corrected chi connectivity index (χ3v) is 11.6. The molecule has 50 heavy (non-hydrogen) atoms. The van der Waals surface area contributed by atoms with Crippen LogP contribution in [-0.4, -0.2) is 54.7 Å². The number of nitrogens with two attached hydrogens (primary N) is 2. The molecule has 0 saturated carbocycles. The van der Waals surface area contributed by atoms with Gasteiger partial charge in [-0.15, -0.1) is 0 Å². The summed E-state index contributed by atoms with van der Waals surface area (Å²) in [5.74, 6) is -1.07. The number of benzene rings is 3. The standard InChI is InChI=1S/C40H50ClN5O3S/c1-26-31-15-9-16-33(41)38(31)50-37-18-6-4-13-30(37)25-44-34(17-10-22-43)36(47)24-29(12-7-8-21-42)40(49)46(2)35(39(48)45-26)23-28-20-19-27-11-3-5-14-32(27)28/h3-6,9,11,13-16,18,20,26,29,34-35,44H,7-8,10,12,17,19,21-25,42-43H2,1-2H3,(H,45,48)/t26-,29+,34-,35-/m0/s1. The van der Waals surface area contributed by atoms with E-state index in [4.69, 9.17) is 23.1 Å². The monoisotopic (exact) mass is 715 g/mol. The zero-order chi connectivity index (χ0) is 35.6. The van der Waals surface area contributed by atoms with Gasteiger partial charge in [-0.25, -0.2) is 0 Å². The first-order valence-corrected chi connectivity index (χ1v) is 19.0. The zero-order valence-corrected chi connectivity index (χ0v) is 30.7. The molecule has 2 amide bonds.